The molecule has 0 aromatic heterocycles. The van der Waals surface area contributed by atoms with Crippen LogP contribution in [0.2, 0.25) is 0 Å². The molecule has 0 unspecified atom stereocenters. The highest BCUT2D eigenvalue weighted by atomic mass is 19.1. The number of benzene rings is 2. The molecule has 1 heterocycles. The monoisotopic (exact) mass is 355 g/mol. The minimum atomic E-state index is -0.187. The zero-order valence-electron chi connectivity index (χ0n) is 15.0. The van der Waals surface area contributed by atoms with Gasteiger partial charge in [-0.3, -0.25) is 14.6 Å². The molecule has 0 radical (unpaired) electrons. The molecule has 0 spiro atoms. The lowest BCUT2D eigenvalue weighted by Gasteiger charge is -2.34. The van der Waals surface area contributed by atoms with Gasteiger partial charge in [-0.2, -0.15) is 0 Å². The molecule has 0 saturated carbocycles. The van der Waals surface area contributed by atoms with Crippen LogP contribution >= 0.6 is 0 Å². The van der Waals surface area contributed by atoms with E-state index in [2.05, 4.69) is 27.2 Å². The average Bonchev–Trinajstić information content (AvgIpc) is 2.64. The fraction of sp³-hybridized carbons (Fsp3) is 0.381. The fourth-order valence-corrected chi connectivity index (χ4v) is 3.25. The number of carbonyl (C=O) groups is 1. The van der Waals surface area contributed by atoms with Crippen LogP contribution < -0.4 is 5.32 Å². The number of rotatable bonds is 7. The number of piperazine rings is 1. The van der Waals surface area contributed by atoms with Gasteiger partial charge in [0.25, 0.3) is 0 Å². The van der Waals surface area contributed by atoms with Crippen LogP contribution in [0, 0.1) is 5.82 Å². The van der Waals surface area contributed by atoms with Gasteiger partial charge in [0.05, 0.1) is 6.54 Å². The number of amides is 1. The predicted molar refractivity (Wildman–Crippen MR) is 101 cm³/mol. The van der Waals surface area contributed by atoms with E-state index in [-0.39, 0.29) is 11.7 Å². The summed E-state index contributed by atoms with van der Waals surface area (Å²) in [6, 6.07) is 16.9. The van der Waals surface area contributed by atoms with Crippen LogP contribution in [0.15, 0.2) is 54.6 Å². The Bertz CT molecular complexity index is 699. The largest absolute Gasteiger partial charge is 0.355 e. The minimum Gasteiger partial charge on any atom is -0.355 e. The highest BCUT2D eigenvalue weighted by Crippen LogP contribution is 2.10. The van der Waals surface area contributed by atoms with Gasteiger partial charge in [0.15, 0.2) is 0 Å². The van der Waals surface area contributed by atoms with Gasteiger partial charge < -0.3 is 5.32 Å². The maximum atomic E-state index is 13.3. The van der Waals surface area contributed by atoms with Crippen molar-refractivity contribution in [2.45, 2.75) is 13.0 Å². The summed E-state index contributed by atoms with van der Waals surface area (Å²) in [5, 5.41) is 3.00. The van der Waals surface area contributed by atoms with Gasteiger partial charge in [-0.05, 0) is 29.7 Å². The highest BCUT2D eigenvalue weighted by Gasteiger charge is 2.19. The number of halogens is 1. The van der Waals surface area contributed by atoms with Crippen molar-refractivity contribution in [3.8, 4) is 0 Å². The Balaban J connectivity index is 1.33. The Morgan fingerprint density at radius 3 is 2.35 bits per heavy atom. The molecule has 5 heteroatoms. The fourth-order valence-electron chi connectivity index (χ4n) is 3.25. The van der Waals surface area contributed by atoms with E-state index in [1.807, 2.05) is 24.3 Å². The van der Waals surface area contributed by atoms with Gasteiger partial charge >= 0.3 is 0 Å². The first-order valence-electron chi connectivity index (χ1n) is 9.19. The second-order valence-corrected chi connectivity index (χ2v) is 6.77. The minimum absolute atomic E-state index is 0.0829. The van der Waals surface area contributed by atoms with Gasteiger partial charge in [0.1, 0.15) is 5.82 Å². The molecule has 0 atom stereocenters. The maximum absolute atomic E-state index is 13.3. The topological polar surface area (TPSA) is 35.6 Å². The van der Waals surface area contributed by atoms with Crippen LogP contribution in [-0.4, -0.2) is 55.0 Å². The van der Waals surface area contributed by atoms with Gasteiger partial charge in [-0.15, -0.1) is 0 Å². The summed E-state index contributed by atoms with van der Waals surface area (Å²) < 4.78 is 13.3. The molecular formula is C21H26FN3O. The summed E-state index contributed by atoms with van der Waals surface area (Å²) in [6.45, 7) is 5.39. The molecule has 0 bridgehead atoms. The van der Waals surface area contributed by atoms with Crippen LogP contribution in [0.25, 0.3) is 0 Å². The molecule has 2 aromatic rings. The van der Waals surface area contributed by atoms with Gasteiger partial charge in [0.2, 0.25) is 5.91 Å². The summed E-state index contributed by atoms with van der Waals surface area (Å²) in [7, 11) is 0. The van der Waals surface area contributed by atoms with E-state index in [9.17, 15) is 9.18 Å². The van der Waals surface area contributed by atoms with Crippen molar-refractivity contribution in [3.63, 3.8) is 0 Å². The molecule has 4 nitrogen and oxygen atoms in total. The molecule has 1 amide bonds. The first kappa shape index (κ1) is 18.5. The van der Waals surface area contributed by atoms with Crippen LogP contribution in [-0.2, 0) is 17.8 Å². The van der Waals surface area contributed by atoms with Gasteiger partial charge in [-0.1, -0.05) is 42.5 Å². The summed E-state index contributed by atoms with van der Waals surface area (Å²) in [4.78, 5) is 16.6. The third kappa shape index (κ3) is 5.93. The van der Waals surface area contributed by atoms with E-state index < -0.39 is 0 Å². The lowest BCUT2D eigenvalue weighted by atomic mass is 10.1. The summed E-state index contributed by atoms with van der Waals surface area (Å²) in [6.07, 6.45) is 0.855. The van der Waals surface area contributed by atoms with Crippen LogP contribution in [0.4, 0.5) is 4.39 Å². The molecule has 138 valence electrons. The number of hydrogen-bond acceptors (Lipinski definition) is 3. The lowest BCUT2D eigenvalue weighted by Crippen LogP contribution is -2.49. The molecule has 2 aromatic carbocycles. The molecule has 1 N–H and O–H groups in total. The summed E-state index contributed by atoms with van der Waals surface area (Å²) in [5.41, 5.74) is 2.23. The predicted octanol–water partition coefficient (Wildman–Crippen LogP) is 2.30. The zero-order chi connectivity index (χ0) is 18.2. The Hall–Kier alpha value is -2.24. The van der Waals surface area contributed by atoms with Crippen molar-refractivity contribution in [2.24, 2.45) is 0 Å². The molecule has 1 aliphatic rings. The highest BCUT2D eigenvalue weighted by molar-refractivity contribution is 5.78. The average molecular weight is 355 g/mol. The summed E-state index contributed by atoms with van der Waals surface area (Å²) >= 11 is 0. The van der Waals surface area contributed by atoms with E-state index in [0.29, 0.717) is 13.1 Å². The molecular weight excluding hydrogens is 329 g/mol. The molecule has 1 aliphatic heterocycles. The van der Waals surface area contributed by atoms with E-state index in [1.165, 1.54) is 11.6 Å². The number of hydrogen-bond donors (Lipinski definition) is 1. The smallest absolute Gasteiger partial charge is 0.234 e. The van der Waals surface area contributed by atoms with Crippen molar-refractivity contribution >= 4 is 5.91 Å². The van der Waals surface area contributed by atoms with Crippen LogP contribution in [0.5, 0.6) is 0 Å². The third-order valence-electron chi connectivity index (χ3n) is 4.71. The normalized spacial score (nSPS) is 15.7. The van der Waals surface area contributed by atoms with Gasteiger partial charge in [0, 0.05) is 39.3 Å². The van der Waals surface area contributed by atoms with E-state index >= 15 is 0 Å². The van der Waals surface area contributed by atoms with Crippen molar-refractivity contribution in [2.75, 3.05) is 39.3 Å². The third-order valence-corrected chi connectivity index (χ3v) is 4.71. The number of carbonyl (C=O) groups excluding carboxylic acids is 1. The quantitative estimate of drug-likeness (QED) is 0.828. The van der Waals surface area contributed by atoms with Crippen LogP contribution in [0.3, 0.4) is 0 Å². The Labute approximate surface area is 154 Å². The number of nitrogens with zero attached hydrogens (tertiary/aromatic N) is 2. The molecule has 1 fully saturated rings. The first-order valence-corrected chi connectivity index (χ1v) is 9.19. The lowest BCUT2D eigenvalue weighted by molar-refractivity contribution is -0.122. The summed E-state index contributed by atoms with van der Waals surface area (Å²) in [5.74, 6) is -0.104. The maximum Gasteiger partial charge on any atom is 0.234 e. The molecule has 1 saturated heterocycles. The standard InChI is InChI=1S/C21H26FN3O/c22-20-8-4-7-19(15-20)16-24-11-13-25(14-12-24)17-21(26)23-10-9-18-5-2-1-3-6-18/h1-8,15H,9-14,16-17H2,(H,23,26). The molecule has 3 rings (SSSR count). The number of nitrogens with one attached hydrogen (secondary N) is 1. The van der Waals surface area contributed by atoms with Crippen LogP contribution in [0.1, 0.15) is 11.1 Å². The molecule has 0 aliphatic carbocycles. The second-order valence-electron chi connectivity index (χ2n) is 6.77. The Morgan fingerprint density at radius 2 is 1.62 bits per heavy atom. The van der Waals surface area contributed by atoms with E-state index in [1.54, 1.807) is 12.1 Å². The SMILES string of the molecule is O=C(CN1CCN(Cc2cccc(F)c2)CC1)NCCc1ccccc1. The second kappa shape index (κ2) is 9.46. The van der Waals surface area contributed by atoms with E-state index in [4.69, 9.17) is 0 Å². The van der Waals surface area contributed by atoms with Crippen molar-refractivity contribution in [1.29, 1.82) is 0 Å². The molecule has 26 heavy (non-hydrogen) atoms. The van der Waals surface area contributed by atoms with Crippen molar-refractivity contribution < 1.29 is 9.18 Å². The first-order chi connectivity index (χ1) is 12.7. The van der Waals surface area contributed by atoms with Crippen molar-refractivity contribution in [3.05, 3.63) is 71.5 Å². The Kier molecular flexibility index (Phi) is 6.75. The van der Waals surface area contributed by atoms with E-state index in [0.717, 1.165) is 44.7 Å². The zero-order valence-corrected chi connectivity index (χ0v) is 15.0. The Morgan fingerprint density at radius 1 is 0.923 bits per heavy atom. The van der Waals surface area contributed by atoms with Gasteiger partial charge in [-0.25, -0.2) is 4.39 Å². The van der Waals surface area contributed by atoms with Crippen molar-refractivity contribution in [1.82, 2.24) is 15.1 Å².